The van der Waals surface area contributed by atoms with Crippen LogP contribution in [0.5, 0.6) is 0 Å². The molecule has 8 nitrogen and oxygen atoms in total. The third-order valence-electron chi connectivity index (χ3n) is 4.80. The molecule has 0 unspecified atom stereocenters. The van der Waals surface area contributed by atoms with Crippen molar-refractivity contribution in [2.75, 3.05) is 41.7 Å². The van der Waals surface area contributed by atoms with Gasteiger partial charge in [-0.25, -0.2) is 14.8 Å². The van der Waals surface area contributed by atoms with Crippen molar-refractivity contribution >= 4 is 40.7 Å². The molecule has 1 saturated heterocycles. The number of nitrogens with zero attached hydrogens (tertiary/aromatic N) is 4. The first-order chi connectivity index (χ1) is 14.2. The lowest BCUT2D eigenvalue weighted by Gasteiger charge is -2.35. The largest absolute Gasteiger partial charge is 0.353 e. The number of aryl methyl sites for hydroxylation is 1. The van der Waals surface area contributed by atoms with Gasteiger partial charge in [-0.1, -0.05) is 25.4 Å². The Kier molecular flexibility index (Phi) is 6.77. The lowest BCUT2D eigenvalue weighted by molar-refractivity contribution is -0.114. The van der Waals surface area contributed by atoms with Crippen LogP contribution in [0.3, 0.4) is 0 Å². The predicted molar refractivity (Wildman–Crippen MR) is 119 cm³/mol. The van der Waals surface area contributed by atoms with Crippen LogP contribution in [0.4, 0.5) is 22.0 Å². The van der Waals surface area contributed by atoms with E-state index >= 15 is 0 Å². The van der Waals surface area contributed by atoms with Crippen LogP contribution in [0, 0.1) is 6.92 Å². The maximum Gasteiger partial charge on any atom is 0.322 e. The highest BCUT2D eigenvalue weighted by Gasteiger charge is 2.23. The van der Waals surface area contributed by atoms with Gasteiger partial charge in [0.25, 0.3) is 0 Å². The SMILES string of the molecule is CC(=O)Nc1ccc(NC(=O)N2CCN(c3cc(C)nc(C(C)C)n3)CC2)c(Cl)c1. The van der Waals surface area contributed by atoms with Gasteiger partial charge in [-0.15, -0.1) is 0 Å². The molecule has 30 heavy (non-hydrogen) atoms. The highest BCUT2D eigenvalue weighted by molar-refractivity contribution is 6.34. The average molecular weight is 431 g/mol. The molecular weight excluding hydrogens is 404 g/mol. The lowest BCUT2D eigenvalue weighted by Crippen LogP contribution is -2.50. The first-order valence-electron chi connectivity index (χ1n) is 9.96. The molecule has 0 spiro atoms. The Labute approximate surface area is 181 Å². The molecule has 2 aromatic rings. The molecule has 0 saturated carbocycles. The van der Waals surface area contributed by atoms with Crippen LogP contribution >= 0.6 is 11.6 Å². The monoisotopic (exact) mass is 430 g/mol. The molecular formula is C21H27ClN6O2. The van der Waals surface area contributed by atoms with E-state index in [1.807, 2.05) is 13.0 Å². The molecule has 0 atom stereocenters. The van der Waals surface area contributed by atoms with Crippen LogP contribution in [0.2, 0.25) is 5.02 Å². The third-order valence-corrected chi connectivity index (χ3v) is 5.11. The summed E-state index contributed by atoms with van der Waals surface area (Å²) < 4.78 is 0. The standard InChI is InChI=1S/C21H27ClN6O2/c1-13(2)20-23-14(3)11-19(26-20)27-7-9-28(10-8-27)21(30)25-18-6-5-16(12-17(18)22)24-15(4)29/h5-6,11-13H,7-10H2,1-4H3,(H,24,29)(H,25,30). The fourth-order valence-electron chi connectivity index (χ4n) is 3.23. The first-order valence-corrected chi connectivity index (χ1v) is 10.3. The van der Waals surface area contributed by atoms with Crippen molar-refractivity contribution in [1.29, 1.82) is 0 Å². The molecule has 160 valence electrons. The topological polar surface area (TPSA) is 90.5 Å². The van der Waals surface area contributed by atoms with Gasteiger partial charge in [-0.05, 0) is 25.1 Å². The van der Waals surface area contributed by atoms with Gasteiger partial charge >= 0.3 is 6.03 Å². The van der Waals surface area contributed by atoms with Crippen molar-refractivity contribution in [2.24, 2.45) is 0 Å². The van der Waals surface area contributed by atoms with Crippen molar-refractivity contribution in [3.05, 3.63) is 40.8 Å². The molecule has 3 rings (SSSR count). The molecule has 1 aromatic heterocycles. The van der Waals surface area contributed by atoms with Crippen LogP contribution in [0.25, 0.3) is 0 Å². The first kappa shape index (κ1) is 21.8. The molecule has 1 aliphatic heterocycles. The number of halogens is 1. The molecule has 2 heterocycles. The van der Waals surface area contributed by atoms with E-state index in [4.69, 9.17) is 11.6 Å². The fourth-order valence-corrected chi connectivity index (χ4v) is 3.45. The summed E-state index contributed by atoms with van der Waals surface area (Å²) in [6, 6.07) is 6.77. The number of anilines is 3. The average Bonchev–Trinajstić information content (AvgIpc) is 2.69. The van der Waals surface area contributed by atoms with Crippen LogP contribution < -0.4 is 15.5 Å². The van der Waals surface area contributed by atoms with Gasteiger partial charge in [-0.2, -0.15) is 0 Å². The Morgan fingerprint density at radius 1 is 1.07 bits per heavy atom. The summed E-state index contributed by atoms with van der Waals surface area (Å²) >= 11 is 6.25. The fraction of sp³-hybridized carbons (Fsp3) is 0.429. The number of urea groups is 1. The van der Waals surface area contributed by atoms with Crippen LogP contribution in [0.15, 0.2) is 24.3 Å². The van der Waals surface area contributed by atoms with E-state index in [0.29, 0.717) is 42.6 Å². The minimum Gasteiger partial charge on any atom is -0.353 e. The van der Waals surface area contributed by atoms with E-state index in [1.54, 1.807) is 23.1 Å². The molecule has 0 radical (unpaired) electrons. The van der Waals surface area contributed by atoms with E-state index in [0.717, 1.165) is 17.3 Å². The number of aromatic nitrogens is 2. The zero-order valence-corrected chi connectivity index (χ0v) is 18.5. The van der Waals surface area contributed by atoms with Crippen LogP contribution in [0.1, 0.15) is 38.2 Å². The zero-order valence-electron chi connectivity index (χ0n) is 17.7. The highest BCUT2D eigenvalue weighted by Crippen LogP contribution is 2.26. The Hall–Kier alpha value is -2.87. The van der Waals surface area contributed by atoms with E-state index < -0.39 is 0 Å². The minimum atomic E-state index is -0.203. The number of piperazine rings is 1. The Morgan fingerprint density at radius 2 is 1.77 bits per heavy atom. The maximum atomic E-state index is 12.7. The van der Waals surface area contributed by atoms with Crippen molar-refractivity contribution < 1.29 is 9.59 Å². The van der Waals surface area contributed by atoms with Crippen molar-refractivity contribution in [3.8, 4) is 0 Å². The highest BCUT2D eigenvalue weighted by atomic mass is 35.5. The summed E-state index contributed by atoms with van der Waals surface area (Å²) in [5.41, 5.74) is 2.03. The van der Waals surface area contributed by atoms with Gasteiger partial charge in [0.15, 0.2) is 0 Å². The normalized spacial score (nSPS) is 14.1. The summed E-state index contributed by atoms with van der Waals surface area (Å²) in [4.78, 5) is 36.9. The van der Waals surface area contributed by atoms with Gasteiger partial charge in [0.1, 0.15) is 11.6 Å². The molecule has 1 aromatic carbocycles. The van der Waals surface area contributed by atoms with E-state index in [9.17, 15) is 9.59 Å². The second kappa shape index (κ2) is 9.30. The second-order valence-corrected chi connectivity index (χ2v) is 8.07. The Balaban J connectivity index is 1.60. The van der Waals surface area contributed by atoms with Crippen molar-refractivity contribution in [1.82, 2.24) is 14.9 Å². The maximum absolute atomic E-state index is 12.7. The minimum absolute atomic E-state index is 0.180. The summed E-state index contributed by atoms with van der Waals surface area (Å²) in [5, 5.41) is 5.88. The number of carbonyl (C=O) groups excluding carboxylic acids is 2. The van der Waals surface area contributed by atoms with E-state index in [1.165, 1.54) is 6.92 Å². The Bertz CT molecular complexity index is 941. The zero-order chi connectivity index (χ0) is 21.8. The van der Waals surface area contributed by atoms with Gasteiger partial charge in [0, 0.05) is 56.5 Å². The lowest BCUT2D eigenvalue weighted by atomic mass is 10.2. The third kappa shape index (κ3) is 5.38. The summed E-state index contributed by atoms with van der Waals surface area (Å²) in [6.07, 6.45) is 0. The van der Waals surface area contributed by atoms with Gasteiger partial charge in [0.2, 0.25) is 5.91 Å². The van der Waals surface area contributed by atoms with Crippen LogP contribution in [-0.2, 0) is 4.79 Å². The molecule has 2 N–H and O–H groups in total. The van der Waals surface area contributed by atoms with Crippen molar-refractivity contribution in [2.45, 2.75) is 33.6 Å². The van der Waals surface area contributed by atoms with Crippen LogP contribution in [-0.4, -0.2) is 53.0 Å². The summed E-state index contributed by atoms with van der Waals surface area (Å²) in [6.45, 7) is 10.1. The molecule has 9 heteroatoms. The number of benzene rings is 1. The van der Waals surface area contributed by atoms with Gasteiger partial charge < -0.3 is 20.4 Å². The number of hydrogen-bond acceptors (Lipinski definition) is 5. The molecule has 0 bridgehead atoms. The number of rotatable bonds is 4. The molecule has 1 fully saturated rings. The van der Waals surface area contributed by atoms with E-state index in [2.05, 4.69) is 39.3 Å². The summed E-state index contributed by atoms with van der Waals surface area (Å²) in [7, 11) is 0. The number of nitrogens with one attached hydrogen (secondary N) is 2. The Morgan fingerprint density at radius 3 is 2.37 bits per heavy atom. The van der Waals surface area contributed by atoms with Crippen molar-refractivity contribution in [3.63, 3.8) is 0 Å². The van der Waals surface area contributed by atoms with E-state index in [-0.39, 0.29) is 17.9 Å². The van der Waals surface area contributed by atoms with Gasteiger partial charge in [-0.3, -0.25) is 4.79 Å². The quantitative estimate of drug-likeness (QED) is 0.768. The molecule has 3 amide bonds. The molecule has 1 aliphatic rings. The number of amides is 3. The predicted octanol–water partition coefficient (Wildman–Crippen LogP) is 3.87. The summed E-state index contributed by atoms with van der Waals surface area (Å²) in [5.74, 6) is 1.82. The second-order valence-electron chi connectivity index (χ2n) is 7.66. The number of hydrogen-bond donors (Lipinski definition) is 2. The molecule has 0 aliphatic carbocycles. The smallest absolute Gasteiger partial charge is 0.322 e. The van der Waals surface area contributed by atoms with Gasteiger partial charge in [0.05, 0.1) is 10.7 Å². The number of carbonyl (C=O) groups is 2.